The second-order valence-electron chi connectivity index (χ2n) is 6.73. The number of nitrogens with zero attached hydrogens (tertiary/aromatic N) is 4. The summed E-state index contributed by atoms with van der Waals surface area (Å²) >= 11 is 0. The summed E-state index contributed by atoms with van der Waals surface area (Å²) in [7, 11) is 0. The van der Waals surface area contributed by atoms with Gasteiger partial charge in [0.05, 0.1) is 5.56 Å². The molecule has 8 nitrogen and oxygen atoms in total. The van der Waals surface area contributed by atoms with Crippen LogP contribution in [-0.2, 0) is 13.0 Å². The predicted octanol–water partition coefficient (Wildman–Crippen LogP) is 0.506. The minimum Gasteiger partial charge on any atom is -0.335 e. The monoisotopic (exact) mass is 355 g/mol. The Morgan fingerprint density at radius 1 is 0.962 bits per heavy atom. The van der Waals surface area contributed by atoms with Gasteiger partial charge in [0.25, 0.3) is 11.8 Å². The van der Waals surface area contributed by atoms with E-state index in [4.69, 9.17) is 0 Å². The molecular formula is C18H21N5O3. The zero-order valence-corrected chi connectivity index (χ0v) is 14.5. The van der Waals surface area contributed by atoms with Gasteiger partial charge in [-0.3, -0.25) is 19.1 Å². The van der Waals surface area contributed by atoms with Gasteiger partial charge in [-0.2, -0.15) is 5.10 Å². The number of rotatable bonds is 2. The molecule has 2 aromatic rings. The van der Waals surface area contributed by atoms with Gasteiger partial charge < -0.3 is 14.8 Å². The average molecular weight is 355 g/mol. The molecule has 2 amide bonds. The van der Waals surface area contributed by atoms with Crippen molar-refractivity contribution in [3.63, 3.8) is 0 Å². The van der Waals surface area contributed by atoms with Gasteiger partial charge in [0.15, 0.2) is 5.69 Å². The van der Waals surface area contributed by atoms with E-state index < -0.39 is 0 Å². The summed E-state index contributed by atoms with van der Waals surface area (Å²) in [6.07, 6.45) is 4.65. The second-order valence-corrected chi connectivity index (χ2v) is 6.73. The topological polar surface area (TPSA) is 91.3 Å². The molecule has 2 aromatic heterocycles. The minimum absolute atomic E-state index is 0.0666. The number of pyridine rings is 1. The number of carbonyl (C=O) groups excluding carboxylic acids is 2. The summed E-state index contributed by atoms with van der Waals surface area (Å²) in [6, 6.07) is 4.77. The fraction of sp³-hybridized carbons (Fsp3) is 0.444. The molecule has 2 aliphatic heterocycles. The summed E-state index contributed by atoms with van der Waals surface area (Å²) < 4.78 is 1.94. The fourth-order valence-electron chi connectivity index (χ4n) is 3.52. The molecule has 4 rings (SSSR count). The predicted molar refractivity (Wildman–Crippen MR) is 94.0 cm³/mol. The number of fused-ring (bicyclic) bond motifs is 1. The van der Waals surface area contributed by atoms with Crippen LogP contribution in [0.4, 0.5) is 0 Å². The van der Waals surface area contributed by atoms with Gasteiger partial charge in [0.1, 0.15) is 0 Å². The molecule has 0 spiro atoms. The zero-order valence-electron chi connectivity index (χ0n) is 14.5. The third-order valence-electron chi connectivity index (χ3n) is 5.02. The van der Waals surface area contributed by atoms with E-state index >= 15 is 0 Å². The van der Waals surface area contributed by atoms with E-state index in [0.29, 0.717) is 37.4 Å². The van der Waals surface area contributed by atoms with Crippen molar-refractivity contribution in [1.29, 1.82) is 0 Å². The number of nitrogens with one attached hydrogen (secondary N) is 1. The highest BCUT2D eigenvalue weighted by Crippen LogP contribution is 2.17. The lowest BCUT2D eigenvalue weighted by Crippen LogP contribution is -2.50. The molecule has 0 bridgehead atoms. The van der Waals surface area contributed by atoms with E-state index in [9.17, 15) is 14.4 Å². The molecule has 0 aliphatic carbocycles. The molecule has 4 heterocycles. The van der Waals surface area contributed by atoms with Gasteiger partial charge in [0, 0.05) is 50.7 Å². The Bertz CT molecular complexity index is 848. The third kappa shape index (κ3) is 3.14. The number of hydrogen-bond acceptors (Lipinski definition) is 4. The average Bonchev–Trinajstić information content (AvgIpc) is 3.12. The largest absolute Gasteiger partial charge is 0.335 e. The summed E-state index contributed by atoms with van der Waals surface area (Å²) in [5.41, 5.74) is 1.85. The molecular weight excluding hydrogens is 334 g/mol. The maximum absolute atomic E-state index is 12.7. The Morgan fingerprint density at radius 2 is 1.69 bits per heavy atom. The lowest BCUT2D eigenvalue weighted by Gasteiger charge is -2.34. The van der Waals surface area contributed by atoms with Gasteiger partial charge in [-0.25, -0.2) is 0 Å². The number of amides is 2. The first-order valence-corrected chi connectivity index (χ1v) is 8.96. The number of carbonyl (C=O) groups is 2. The second kappa shape index (κ2) is 6.78. The van der Waals surface area contributed by atoms with Crippen molar-refractivity contribution < 1.29 is 9.59 Å². The highest BCUT2D eigenvalue weighted by Gasteiger charge is 2.27. The Kier molecular flexibility index (Phi) is 4.32. The van der Waals surface area contributed by atoms with Crippen LogP contribution in [0.3, 0.4) is 0 Å². The third-order valence-corrected chi connectivity index (χ3v) is 5.02. The number of H-pyrrole nitrogens is 1. The maximum atomic E-state index is 12.7. The summed E-state index contributed by atoms with van der Waals surface area (Å²) in [5, 5.41) is 4.45. The maximum Gasteiger partial charge on any atom is 0.274 e. The first-order valence-electron chi connectivity index (χ1n) is 8.96. The van der Waals surface area contributed by atoms with Crippen LogP contribution in [0.1, 0.15) is 39.4 Å². The first kappa shape index (κ1) is 16.6. The molecule has 26 heavy (non-hydrogen) atoms. The van der Waals surface area contributed by atoms with Crippen molar-refractivity contribution >= 4 is 11.8 Å². The normalized spacial score (nSPS) is 17.1. The van der Waals surface area contributed by atoms with Crippen LogP contribution in [0.5, 0.6) is 0 Å². The van der Waals surface area contributed by atoms with Crippen LogP contribution >= 0.6 is 0 Å². The van der Waals surface area contributed by atoms with Gasteiger partial charge >= 0.3 is 0 Å². The SMILES string of the molecule is O=C(c1ccc(=O)[nH]c1)N1CCN(C(=O)c2cc3n(n2)CCCC3)CC1. The van der Waals surface area contributed by atoms with Crippen molar-refractivity contribution in [3.05, 3.63) is 51.7 Å². The Balaban J connectivity index is 1.39. The van der Waals surface area contributed by atoms with Crippen molar-refractivity contribution in [3.8, 4) is 0 Å². The summed E-state index contributed by atoms with van der Waals surface area (Å²) in [4.78, 5) is 42.3. The first-order chi connectivity index (χ1) is 12.6. The molecule has 1 N–H and O–H groups in total. The highest BCUT2D eigenvalue weighted by atomic mass is 16.2. The molecule has 1 fully saturated rings. The smallest absolute Gasteiger partial charge is 0.274 e. The Labute approximate surface area is 150 Å². The molecule has 0 aromatic carbocycles. The molecule has 0 unspecified atom stereocenters. The van der Waals surface area contributed by atoms with E-state index in [1.807, 2.05) is 10.7 Å². The van der Waals surface area contributed by atoms with Crippen LogP contribution in [-0.4, -0.2) is 62.6 Å². The van der Waals surface area contributed by atoms with Crippen molar-refractivity contribution in [2.75, 3.05) is 26.2 Å². The van der Waals surface area contributed by atoms with Gasteiger partial charge in [-0.1, -0.05) is 0 Å². The number of aromatic amines is 1. The Hall–Kier alpha value is -2.90. The van der Waals surface area contributed by atoms with Crippen LogP contribution in [0.15, 0.2) is 29.2 Å². The standard InChI is InChI=1S/C18H21N5O3/c24-16-5-4-13(12-19-16)17(25)21-7-9-22(10-8-21)18(26)15-11-14-3-1-2-6-23(14)20-15/h4-5,11-12H,1-3,6-10H2,(H,19,24). The highest BCUT2D eigenvalue weighted by molar-refractivity contribution is 5.95. The van der Waals surface area contributed by atoms with Crippen molar-refractivity contribution in [2.24, 2.45) is 0 Å². The fourth-order valence-corrected chi connectivity index (χ4v) is 3.52. The molecule has 0 saturated carbocycles. The van der Waals surface area contributed by atoms with Crippen LogP contribution in [0.25, 0.3) is 0 Å². The summed E-state index contributed by atoms with van der Waals surface area (Å²) in [5.74, 6) is -0.200. The van der Waals surface area contributed by atoms with Gasteiger partial charge in [-0.05, 0) is 31.4 Å². The van der Waals surface area contributed by atoms with Crippen molar-refractivity contribution in [1.82, 2.24) is 24.6 Å². The van der Waals surface area contributed by atoms with Crippen LogP contribution < -0.4 is 5.56 Å². The van der Waals surface area contributed by atoms with E-state index in [0.717, 1.165) is 31.5 Å². The van der Waals surface area contributed by atoms with Gasteiger partial charge in [0.2, 0.25) is 5.56 Å². The number of piperazine rings is 1. The molecule has 8 heteroatoms. The number of aromatic nitrogens is 3. The van der Waals surface area contributed by atoms with E-state index in [-0.39, 0.29) is 17.4 Å². The van der Waals surface area contributed by atoms with E-state index in [1.165, 1.54) is 18.3 Å². The molecule has 1 saturated heterocycles. The Morgan fingerprint density at radius 3 is 2.35 bits per heavy atom. The van der Waals surface area contributed by atoms with Crippen LogP contribution in [0, 0.1) is 0 Å². The number of aryl methyl sites for hydroxylation is 2. The van der Waals surface area contributed by atoms with E-state index in [2.05, 4.69) is 10.1 Å². The lowest BCUT2D eigenvalue weighted by molar-refractivity contribution is 0.0531. The van der Waals surface area contributed by atoms with Crippen molar-refractivity contribution in [2.45, 2.75) is 25.8 Å². The molecule has 2 aliphatic rings. The lowest BCUT2D eigenvalue weighted by atomic mass is 10.1. The molecule has 0 radical (unpaired) electrons. The minimum atomic E-state index is -0.236. The molecule has 0 atom stereocenters. The van der Waals surface area contributed by atoms with Gasteiger partial charge in [-0.15, -0.1) is 0 Å². The molecule has 136 valence electrons. The zero-order chi connectivity index (χ0) is 18.1. The van der Waals surface area contributed by atoms with Crippen LogP contribution in [0.2, 0.25) is 0 Å². The number of hydrogen-bond donors (Lipinski definition) is 1. The summed E-state index contributed by atoms with van der Waals surface area (Å²) in [6.45, 7) is 2.78. The van der Waals surface area contributed by atoms with E-state index in [1.54, 1.807) is 9.80 Å². The quantitative estimate of drug-likeness (QED) is 0.849.